The molecule has 0 aliphatic heterocycles. The van der Waals surface area contributed by atoms with Crippen LogP contribution in [-0.4, -0.2) is 30.5 Å². The lowest BCUT2D eigenvalue weighted by atomic mass is 9.99. The number of carbonyl (C=O) groups excluding carboxylic acids is 2. The van der Waals surface area contributed by atoms with Gasteiger partial charge in [-0.1, -0.05) is 46.3 Å². The number of ether oxygens (including phenoxy) is 2. The van der Waals surface area contributed by atoms with E-state index in [2.05, 4.69) is 25.4 Å². The van der Waals surface area contributed by atoms with Crippen LogP contribution in [0.25, 0.3) is 0 Å². The van der Waals surface area contributed by atoms with Crippen LogP contribution in [0.5, 0.6) is 0 Å². The first-order valence-corrected chi connectivity index (χ1v) is 6.73. The highest BCUT2D eigenvalue weighted by atomic mass is 79.9. The second-order valence-electron chi connectivity index (χ2n) is 4.12. The predicted molar refractivity (Wildman–Crippen MR) is 75.1 cm³/mol. The highest BCUT2D eigenvalue weighted by Gasteiger charge is 2.45. The molecular weight excluding hydrogens is 312 g/mol. The molecule has 0 heterocycles. The van der Waals surface area contributed by atoms with Crippen LogP contribution in [0.3, 0.4) is 0 Å². The van der Waals surface area contributed by atoms with Crippen LogP contribution in [0, 0.1) is 0 Å². The highest BCUT2D eigenvalue weighted by Crippen LogP contribution is 2.28. The topological polar surface area (TPSA) is 52.6 Å². The van der Waals surface area contributed by atoms with E-state index in [1.165, 1.54) is 14.2 Å². The molecule has 4 nitrogen and oxygen atoms in total. The van der Waals surface area contributed by atoms with Gasteiger partial charge in [-0.2, -0.15) is 0 Å². The summed E-state index contributed by atoms with van der Waals surface area (Å²) in [5, 5.41) is 0. The number of carbonyl (C=O) groups is 2. The Bertz CT molecular complexity index is 414. The molecule has 0 aliphatic rings. The Morgan fingerprint density at radius 1 is 1.11 bits per heavy atom. The van der Waals surface area contributed by atoms with Crippen molar-refractivity contribution in [1.29, 1.82) is 0 Å². The van der Waals surface area contributed by atoms with E-state index in [9.17, 15) is 9.59 Å². The summed E-state index contributed by atoms with van der Waals surface area (Å²) in [7, 11) is 2.50. The minimum Gasteiger partial charge on any atom is -0.468 e. The fourth-order valence-electron chi connectivity index (χ4n) is 1.79. The SMILES string of the molecule is COC(=O)C(Br)(CCCc1ccccc1)C(=O)OC. The smallest absolute Gasteiger partial charge is 0.334 e. The maximum atomic E-state index is 11.7. The maximum absolute atomic E-state index is 11.7. The van der Waals surface area contributed by atoms with E-state index in [4.69, 9.17) is 0 Å². The van der Waals surface area contributed by atoms with Crippen LogP contribution >= 0.6 is 15.9 Å². The summed E-state index contributed by atoms with van der Waals surface area (Å²) in [6.07, 6.45) is 1.77. The molecule has 0 bridgehead atoms. The molecule has 0 aromatic heterocycles. The van der Waals surface area contributed by atoms with Gasteiger partial charge in [0.05, 0.1) is 14.2 Å². The quantitative estimate of drug-likeness (QED) is 0.457. The molecule has 0 unspecified atom stereocenters. The standard InChI is InChI=1S/C14H17BrO4/c1-18-12(16)14(15,13(17)19-2)10-6-9-11-7-4-3-5-8-11/h3-5,7-8H,6,9-10H2,1-2H3. The molecular formula is C14H17BrO4. The molecule has 1 aromatic carbocycles. The fraction of sp³-hybridized carbons (Fsp3) is 0.429. The van der Waals surface area contributed by atoms with Gasteiger partial charge in [-0.25, -0.2) is 9.59 Å². The van der Waals surface area contributed by atoms with Gasteiger partial charge in [0.2, 0.25) is 4.32 Å². The molecule has 1 rings (SSSR count). The number of hydrogen-bond donors (Lipinski definition) is 0. The Hall–Kier alpha value is -1.36. The molecule has 0 saturated heterocycles. The summed E-state index contributed by atoms with van der Waals surface area (Å²) < 4.78 is 7.90. The molecule has 104 valence electrons. The zero-order chi connectivity index (χ0) is 14.3. The van der Waals surface area contributed by atoms with Gasteiger partial charge in [0.1, 0.15) is 0 Å². The third-order valence-electron chi connectivity index (χ3n) is 2.85. The van der Waals surface area contributed by atoms with Gasteiger partial charge in [0.15, 0.2) is 0 Å². The lowest BCUT2D eigenvalue weighted by molar-refractivity contribution is -0.155. The Balaban J connectivity index is 2.64. The Morgan fingerprint density at radius 2 is 1.63 bits per heavy atom. The number of alkyl halides is 1. The molecule has 5 heteroatoms. The summed E-state index contributed by atoms with van der Waals surface area (Å²) in [6.45, 7) is 0. The van der Waals surface area contributed by atoms with Gasteiger partial charge < -0.3 is 9.47 Å². The minimum absolute atomic E-state index is 0.321. The van der Waals surface area contributed by atoms with Crippen LogP contribution in [0.2, 0.25) is 0 Å². The summed E-state index contributed by atoms with van der Waals surface area (Å²) in [5.41, 5.74) is 1.16. The molecule has 0 saturated carbocycles. The molecule has 0 spiro atoms. The van der Waals surface area contributed by atoms with Gasteiger partial charge in [-0.05, 0) is 24.8 Å². The molecule has 1 aromatic rings. The fourth-order valence-corrected chi connectivity index (χ4v) is 2.40. The number of rotatable bonds is 6. The van der Waals surface area contributed by atoms with Crippen molar-refractivity contribution in [2.24, 2.45) is 0 Å². The van der Waals surface area contributed by atoms with E-state index in [0.29, 0.717) is 12.8 Å². The number of esters is 2. The van der Waals surface area contributed by atoms with Crippen LogP contribution in [0.1, 0.15) is 18.4 Å². The van der Waals surface area contributed by atoms with Gasteiger partial charge in [-0.15, -0.1) is 0 Å². The number of hydrogen-bond acceptors (Lipinski definition) is 4. The van der Waals surface area contributed by atoms with Gasteiger partial charge >= 0.3 is 11.9 Å². The Labute approximate surface area is 121 Å². The van der Waals surface area contributed by atoms with Gasteiger partial charge in [0.25, 0.3) is 0 Å². The number of methoxy groups -OCH3 is 2. The van der Waals surface area contributed by atoms with Crippen molar-refractivity contribution in [3.8, 4) is 0 Å². The average Bonchev–Trinajstić information content (AvgIpc) is 2.46. The first kappa shape index (κ1) is 15.7. The van der Waals surface area contributed by atoms with Crippen LogP contribution in [-0.2, 0) is 25.5 Å². The van der Waals surface area contributed by atoms with E-state index < -0.39 is 16.3 Å². The first-order valence-electron chi connectivity index (χ1n) is 5.94. The summed E-state index contributed by atoms with van der Waals surface area (Å²) in [4.78, 5) is 23.4. The third-order valence-corrected chi connectivity index (χ3v) is 3.89. The van der Waals surface area contributed by atoms with Gasteiger partial charge in [0, 0.05) is 0 Å². The van der Waals surface area contributed by atoms with Crippen molar-refractivity contribution in [2.75, 3.05) is 14.2 Å². The van der Waals surface area contributed by atoms with Gasteiger partial charge in [-0.3, -0.25) is 0 Å². The van der Waals surface area contributed by atoms with Crippen molar-refractivity contribution < 1.29 is 19.1 Å². The largest absolute Gasteiger partial charge is 0.468 e. The van der Waals surface area contributed by atoms with E-state index in [1.54, 1.807) is 0 Å². The minimum atomic E-state index is -1.41. The lowest BCUT2D eigenvalue weighted by Crippen LogP contribution is -2.42. The summed E-state index contributed by atoms with van der Waals surface area (Å²) >= 11 is 3.16. The summed E-state index contributed by atoms with van der Waals surface area (Å²) in [5.74, 6) is -1.26. The zero-order valence-electron chi connectivity index (χ0n) is 11.0. The number of benzene rings is 1. The van der Waals surface area contributed by atoms with Crippen molar-refractivity contribution >= 4 is 27.9 Å². The van der Waals surface area contributed by atoms with Crippen LogP contribution in [0.15, 0.2) is 30.3 Å². The van der Waals surface area contributed by atoms with E-state index in [0.717, 1.165) is 12.0 Å². The number of halogens is 1. The van der Waals surface area contributed by atoms with Crippen LogP contribution in [0.4, 0.5) is 0 Å². The molecule has 0 fully saturated rings. The first-order chi connectivity index (χ1) is 9.04. The zero-order valence-corrected chi connectivity index (χ0v) is 12.6. The molecule has 0 atom stereocenters. The van der Waals surface area contributed by atoms with Crippen molar-refractivity contribution in [2.45, 2.75) is 23.6 Å². The van der Waals surface area contributed by atoms with E-state index >= 15 is 0 Å². The predicted octanol–water partition coefficient (Wildman–Crippen LogP) is 2.49. The number of aryl methyl sites for hydroxylation is 1. The molecule has 0 amide bonds. The average molecular weight is 329 g/mol. The van der Waals surface area contributed by atoms with Crippen molar-refractivity contribution in [3.05, 3.63) is 35.9 Å². The normalized spacial score (nSPS) is 10.9. The third kappa shape index (κ3) is 4.06. The molecule has 19 heavy (non-hydrogen) atoms. The van der Waals surface area contributed by atoms with Crippen LogP contribution < -0.4 is 0 Å². The lowest BCUT2D eigenvalue weighted by Gasteiger charge is -2.21. The Morgan fingerprint density at radius 3 is 2.11 bits per heavy atom. The van der Waals surface area contributed by atoms with Crippen molar-refractivity contribution in [1.82, 2.24) is 0 Å². The second kappa shape index (κ2) is 7.28. The maximum Gasteiger partial charge on any atom is 0.334 e. The molecule has 0 aliphatic carbocycles. The summed E-state index contributed by atoms with van der Waals surface area (Å²) in [6, 6.07) is 9.87. The monoisotopic (exact) mass is 328 g/mol. The molecule has 0 radical (unpaired) electrons. The Kier molecular flexibility index (Phi) is 6.02. The highest BCUT2D eigenvalue weighted by molar-refractivity contribution is 9.10. The second-order valence-corrected chi connectivity index (χ2v) is 5.48. The van der Waals surface area contributed by atoms with E-state index in [-0.39, 0.29) is 0 Å². The van der Waals surface area contributed by atoms with Crippen molar-refractivity contribution in [3.63, 3.8) is 0 Å². The van der Waals surface area contributed by atoms with E-state index in [1.807, 2.05) is 30.3 Å². The molecule has 0 N–H and O–H groups in total.